The van der Waals surface area contributed by atoms with Gasteiger partial charge in [-0.15, -0.1) is 0 Å². The van der Waals surface area contributed by atoms with Gasteiger partial charge in [-0.25, -0.2) is 9.50 Å². The first-order valence-corrected chi connectivity index (χ1v) is 4.75. The van der Waals surface area contributed by atoms with Crippen LogP contribution in [-0.4, -0.2) is 25.7 Å². The molecule has 0 aromatic carbocycles. The zero-order valence-corrected chi connectivity index (χ0v) is 8.13. The average Bonchev–Trinajstić information content (AvgIpc) is 2.59. The second-order valence-electron chi connectivity index (χ2n) is 3.37. The molecular formula is C10H11N3O2. The van der Waals surface area contributed by atoms with Crippen molar-refractivity contribution < 1.29 is 9.90 Å². The van der Waals surface area contributed by atoms with E-state index in [1.165, 1.54) is 6.33 Å². The van der Waals surface area contributed by atoms with Gasteiger partial charge in [-0.05, 0) is 24.5 Å². The summed E-state index contributed by atoms with van der Waals surface area (Å²) >= 11 is 0. The van der Waals surface area contributed by atoms with Crippen molar-refractivity contribution in [1.29, 1.82) is 0 Å². The minimum absolute atomic E-state index is 0.206. The lowest BCUT2D eigenvalue weighted by molar-refractivity contribution is -0.137. The van der Waals surface area contributed by atoms with E-state index in [9.17, 15) is 4.79 Å². The van der Waals surface area contributed by atoms with Crippen molar-refractivity contribution in [3.05, 3.63) is 30.4 Å². The Morgan fingerprint density at radius 3 is 3.13 bits per heavy atom. The molecule has 0 aliphatic rings. The Morgan fingerprint density at radius 2 is 2.40 bits per heavy atom. The van der Waals surface area contributed by atoms with Crippen molar-refractivity contribution in [2.24, 2.45) is 0 Å². The van der Waals surface area contributed by atoms with Crippen molar-refractivity contribution in [2.45, 2.75) is 19.3 Å². The molecule has 5 heteroatoms. The molecule has 2 heterocycles. The monoisotopic (exact) mass is 205 g/mol. The summed E-state index contributed by atoms with van der Waals surface area (Å²) < 4.78 is 1.74. The van der Waals surface area contributed by atoms with E-state index >= 15 is 0 Å². The molecule has 2 aromatic heterocycles. The maximum Gasteiger partial charge on any atom is 0.303 e. The predicted octanol–water partition coefficient (Wildman–Crippen LogP) is 1.14. The van der Waals surface area contributed by atoms with Gasteiger partial charge in [0.25, 0.3) is 0 Å². The molecule has 0 aliphatic carbocycles. The van der Waals surface area contributed by atoms with Gasteiger partial charge in [-0.3, -0.25) is 4.79 Å². The summed E-state index contributed by atoms with van der Waals surface area (Å²) in [6, 6.07) is 1.97. The lowest BCUT2D eigenvalue weighted by atomic mass is 10.1. The van der Waals surface area contributed by atoms with Crippen LogP contribution < -0.4 is 0 Å². The SMILES string of the molecule is O=C(O)CCCc1cc2cncnn2c1. The van der Waals surface area contributed by atoms with Crippen LogP contribution in [0.25, 0.3) is 5.52 Å². The first-order chi connectivity index (χ1) is 7.25. The highest BCUT2D eigenvalue weighted by Crippen LogP contribution is 2.10. The Morgan fingerprint density at radius 1 is 1.53 bits per heavy atom. The third-order valence-corrected chi connectivity index (χ3v) is 2.19. The molecule has 0 saturated carbocycles. The molecule has 0 aliphatic heterocycles. The van der Waals surface area contributed by atoms with Crippen LogP contribution in [-0.2, 0) is 11.2 Å². The summed E-state index contributed by atoms with van der Waals surface area (Å²) in [6.07, 6.45) is 6.73. The number of aliphatic carboxylic acids is 1. The molecular weight excluding hydrogens is 194 g/mol. The Kier molecular flexibility index (Phi) is 2.62. The number of fused-ring (bicyclic) bond motifs is 1. The summed E-state index contributed by atoms with van der Waals surface area (Å²) in [4.78, 5) is 14.2. The lowest BCUT2D eigenvalue weighted by Crippen LogP contribution is -1.95. The average molecular weight is 205 g/mol. The number of carbonyl (C=O) groups is 1. The summed E-state index contributed by atoms with van der Waals surface area (Å²) in [5, 5.41) is 12.5. The first kappa shape index (κ1) is 9.64. The molecule has 0 spiro atoms. The smallest absolute Gasteiger partial charge is 0.303 e. The molecule has 0 atom stereocenters. The van der Waals surface area contributed by atoms with E-state index in [1.807, 2.05) is 12.3 Å². The minimum Gasteiger partial charge on any atom is -0.481 e. The zero-order chi connectivity index (χ0) is 10.7. The van der Waals surface area contributed by atoms with Gasteiger partial charge in [-0.2, -0.15) is 5.10 Å². The predicted molar refractivity (Wildman–Crippen MR) is 53.6 cm³/mol. The van der Waals surface area contributed by atoms with Gasteiger partial charge < -0.3 is 5.11 Å². The highest BCUT2D eigenvalue weighted by Gasteiger charge is 2.02. The molecule has 0 unspecified atom stereocenters. The van der Waals surface area contributed by atoms with E-state index in [0.29, 0.717) is 6.42 Å². The van der Waals surface area contributed by atoms with Crippen molar-refractivity contribution >= 4 is 11.5 Å². The fourth-order valence-electron chi connectivity index (χ4n) is 1.50. The number of carboxylic acids is 1. The van der Waals surface area contributed by atoms with Crippen LogP contribution in [0.15, 0.2) is 24.8 Å². The van der Waals surface area contributed by atoms with Gasteiger partial charge in [0.1, 0.15) is 6.33 Å². The number of aryl methyl sites for hydroxylation is 1. The molecule has 0 radical (unpaired) electrons. The second kappa shape index (κ2) is 4.08. The van der Waals surface area contributed by atoms with Gasteiger partial charge in [0.05, 0.1) is 11.7 Å². The molecule has 78 valence electrons. The van der Waals surface area contributed by atoms with E-state index in [2.05, 4.69) is 10.1 Å². The Bertz CT molecular complexity index is 445. The van der Waals surface area contributed by atoms with Gasteiger partial charge in [0, 0.05) is 12.6 Å². The summed E-state index contributed by atoms with van der Waals surface area (Å²) in [5.41, 5.74) is 2.03. The summed E-state index contributed by atoms with van der Waals surface area (Å²) in [7, 11) is 0. The minimum atomic E-state index is -0.751. The van der Waals surface area contributed by atoms with Gasteiger partial charge >= 0.3 is 5.97 Å². The number of rotatable bonds is 4. The van der Waals surface area contributed by atoms with E-state index in [4.69, 9.17) is 5.11 Å². The van der Waals surface area contributed by atoms with Crippen LogP contribution >= 0.6 is 0 Å². The topological polar surface area (TPSA) is 67.5 Å². The van der Waals surface area contributed by atoms with Crippen LogP contribution in [0.1, 0.15) is 18.4 Å². The van der Waals surface area contributed by atoms with Gasteiger partial charge in [0.15, 0.2) is 0 Å². The molecule has 2 aromatic rings. The zero-order valence-electron chi connectivity index (χ0n) is 8.13. The van der Waals surface area contributed by atoms with Crippen LogP contribution in [0.5, 0.6) is 0 Å². The maximum atomic E-state index is 10.3. The fraction of sp³-hybridized carbons (Fsp3) is 0.300. The van der Waals surface area contributed by atoms with Crippen molar-refractivity contribution in [2.75, 3.05) is 0 Å². The third kappa shape index (κ3) is 2.31. The number of carboxylic acid groups (broad SMARTS) is 1. The number of hydrogen-bond acceptors (Lipinski definition) is 3. The summed E-state index contributed by atoms with van der Waals surface area (Å²) in [6.45, 7) is 0. The van der Waals surface area contributed by atoms with E-state index in [0.717, 1.165) is 17.5 Å². The van der Waals surface area contributed by atoms with Gasteiger partial charge in [-0.1, -0.05) is 0 Å². The largest absolute Gasteiger partial charge is 0.481 e. The Balaban J connectivity index is 2.05. The van der Waals surface area contributed by atoms with Crippen molar-refractivity contribution in [1.82, 2.24) is 14.6 Å². The summed E-state index contributed by atoms with van der Waals surface area (Å²) in [5.74, 6) is -0.751. The third-order valence-electron chi connectivity index (χ3n) is 2.19. The molecule has 1 N–H and O–H groups in total. The molecule has 0 amide bonds. The Hall–Kier alpha value is -1.91. The molecule has 0 saturated heterocycles. The molecule has 0 fully saturated rings. The maximum absolute atomic E-state index is 10.3. The highest BCUT2D eigenvalue weighted by molar-refractivity contribution is 5.66. The second-order valence-corrected chi connectivity index (χ2v) is 3.37. The van der Waals surface area contributed by atoms with Crippen LogP contribution in [0, 0.1) is 0 Å². The van der Waals surface area contributed by atoms with Crippen LogP contribution in [0.3, 0.4) is 0 Å². The normalized spacial score (nSPS) is 10.7. The van der Waals surface area contributed by atoms with Crippen molar-refractivity contribution in [3.63, 3.8) is 0 Å². The van der Waals surface area contributed by atoms with Crippen molar-refractivity contribution in [3.8, 4) is 0 Å². The molecule has 2 rings (SSSR count). The van der Waals surface area contributed by atoms with E-state index in [-0.39, 0.29) is 6.42 Å². The number of aromatic nitrogens is 3. The lowest BCUT2D eigenvalue weighted by Gasteiger charge is -1.93. The quantitative estimate of drug-likeness (QED) is 0.812. The van der Waals surface area contributed by atoms with E-state index in [1.54, 1.807) is 10.7 Å². The molecule has 0 bridgehead atoms. The fourth-order valence-corrected chi connectivity index (χ4v) is 1.50. The standard InChI is InChI=1S/C10H11N3O2/c14-10(15)3-1-2-8-4-9-5-11-7-12-13(9)6-8/h4-7H,1-3H2,(H,14,15). The van der Waals surface area contributed by atoms with E-state index < -0.39 is 5.97 Å². The molecule has 15 heavy (non-hydrogen) atoms. The van der Waals surface area contributed by atoms with Crippen LogP contribution in [0.4, 0.5) is 0 Å². The first-order valence-electron chi connectivity index (χ1n) is 4.75. The molecule has 5 nitrogen and oxygen atoms in total. The number of hydrogen-bond donors (Lipinski definition) is 1. The van der Waals surface area contributed by atoms with Crippen LogP contribution in [0.2, 0.25) is 0 Å². The number of nitrogens with zero attached hydrogens (tertiary/aromatic N) is 3. The van der Waals surface area contributed by atoms with Gasteiger partial charge in [0.2, 0.25) is 0 Å². The Labute approximate surface area is 86.4 Å². The highest BCUT2D eigenvalue weighted by atomic mass is 16.4.